The van der Waals surface area contributed by atoms with Crippen LogP contribution in [0.25, 0.3) is 0 Å². The molecule has 3 N–H and O–H groups in total. The third-order valence-electron chi connectivity index (χ3n) is 5.19. The number of guanidine groups is 1. The summed E-state index contributed by atoms with van der Waals surface area (Å²) < 4.78 is 19.9. The van der Waals surface area contributed by atoms with Crippen LogP contribution in [0.5, 0.6) is 5.75 Å². The quantitative estimate of drug-likeness (QED) is 0.281. The molecule has 0 aromatic heterocycles. The average molecular weight is 491 g/mol. The average Bonchev–Trinajstić information content (AvgIpc) is 3.54. The van der Waals surface area contributed by atoms with Gasteiger partial charge >= 0.3 is 0 Å². The number of nitrogens with zero attached hydrogens (tertiary/aromatic N) is 1. The summed E-state index contributed by atoms with van der Waals surface area (Å²) in [6.45, 7) is 6.12. The number of rotatable bonds is 9. The van der Waals surface area contributed by atoms with Crippen molar-refractivity contribution in [3.8, 4) is 5.75 Å². The molecule has 1 aromatic rings. The Labute approximate surface area is 178 Å². The molecular weight excluding hydrogens is 460 g/mol. The molecule has 2 fully saturated rings. The minimum Gasteiger partial charge on any atom is -0.490 e. The van der Waals surface area contributed by atoms with Crippen molar-refractivity contribution in [1.29, 1.82) is 0 Å². The first-order chi connectivity index (χ1) is 12.5. The molecule has 7 heteroatoms. The first-order valence-electron chi connectivity index (χ1n) is 9.63. The van der Waals surface area contributed by atoms with Gasteiger partial charge in [-0.15, -0.1) is 24.0 Å². The number of nitrogens with one attached hydrogen (secondary N) is 2. The van der Waals surface area contributed by atoms with E-state index in [4.69, 9.17) is 4.74 Å². The summed E-state index contributed by atoms with van der Waals surface area (Å²) >= 11 is 0. The lowest BCUT2D eigenvalue weighted by molar-refractivity contribution is 0.217. The Bertz CT molecular complexity index is 648. The molecule has 0 spiro atoms. The van der Waals surface area contributed by atoms with Crippen LogP contribution in [-0.2, 0) is 0 Å². The van der Waals surface area contributed by atoms with Crippen LogP contribution in [0.1, 0.15) is 51.1 Å². The molecule has 5 nitrogen and oxygen atoms in total. The number of halogens is 2. The van der Waals surface area contributed by atoms with Crippen molar-refractivity contribution in [1.82, 2.24) is 10.6 Å². The number of benzene rings is 1. The summed E-state index contributed by atoms with van der Waals surface area (Å²) in [4.78, 5) is 4.60. The molecule has 0 radical (unpaired) electrons. The fourth-order valence-corrected chi connectivity index (χ4v) is 2.79. The van der Waals surface area contributed by atoms with E-state index in [0.717, 1.165) is 24.9 Å². The van der Waals surface area contributed by atoms with Gasteiger partial charge in [-0.3, -0.25) is 4.99 Å². The molecule has 152 valence electrons. The van der Waals surface area contributed by atoms with Crippen molar-refractivity contribution in [2.24, 2.45) is 16.3 Å². The van der Waals surface area contributed by atoms with E-state index >= 15 is 0 Å². The number of aliphatic hydroxyl groups is 1. The van der Waals surface area contributed by atoms with Gasteiger partial charge in [0, 0.05) is 12.0 Å². The van der Waals surface area contributed by atoms with E-state index in [0.29, 0.717) is 30.8 Å². The molecule has 3 rings (SSSR count). The van der Waals surface area contributed by atoms with E-state index in [1.807, 2.05) is 19.9 Å². The molecule has 0 aliphatic heterocycles. The van der Waals surface area contributed by atoms with Crippen molar-refractivity contribution < 1.29 is 14.2 Å². The minimum atomic E-state index is -0.323. The summed E-state index contributed by atoms with van der Waals surface area (Å²) in [7, 11) is 0. The van der Waals surface area contributed by atoms with Gasteiger partial charge in [-0.1, -0.05) is 6.07 Å². The van der Waals surface area contributed by atoms with Crippen LogP contribution >= 0.6 is 24.0 Å². The molecule has 0 saturated heterocycles. The Balaban J connectivity index is 0.00000261. The van der Waals surface area contributed by atoms with Gasteiger partial charge in [-0.05, 0) is 63.1 Å². The molecule has 0 amide bonds. The molecule has 27 heavy (non-hydrogen) atoms. The maximum Gasteiger partial charge on any atom is 0.191 e. The number of hydrogen-bond donors (Lipinski definition) is 3. The summed E-state index contributed by atoms with van der Waals surface area (Å²) in [5, 5.41) is 16.0. The highest BCUT2D eigenvalue weighted by Gasteiger charge is 2.41. The maximum absolute atomic E-state index is 14.3. The van der Waals surface area contributed by atoms with E-state index in [1.165, 1.54) is 18.9 Å². The van der Waals surface area contributed by atoms with Gasteiger partial charge in [0.1, 0.15) is 0 Å². The van der Waals surface area contributed by atoms with Crippen LogP contribution in [0.4, 0.5) is 4.39 Å². The first kappa shape index (κ1) is 22.2. The molecule has 1 atom stereocenters. The Morgan fingerprint density at radius 2 is 2.15 bits per heavy atom. The van der Waals surface area contributed by atoms with E-state index in [9.17, 15) is 9.50 Å². The van der Waals surface area contributed by atoms with Gasteiger partial charge in [-0.25, -0.2) is 4.39 Å². The fourth-order valence-electron chi connectivity index (χ4n) is 2.79. The lowest BCUT2D eigenvalue weighted by Crippen LogP contribution is -2.39. The Hall–Kier alpha value is -1.09. The Morgan fingerprint density at radius 3 is 2.70 bits per heavy atom. The molecule has 2 saturated carbocycles. The van der Waals surface area contributed by atoms with E-state index in [-0.39, 0.29) is 47.9 Å². The second-order valence-electron chi connectivity index (χ2n) is 7.66. The van der Waals surface area contributed by atoms with E-state index in [1.54, 1.807) is 6.07 Å². The Morgan fingerprint density at radius 1 is 1.41 bits per heavy atom. The van der Waals surface area contributed by atoms with Gasteiger partial charge < -0.3 is 20.5 Å². The second kappa shape index (κ2) is 9.91. The largest absolute Gasteiger partial charge is 0.490 e. The third kappa shape index (κ3) is 6.48. The lowest BCUT2D eigenvalue weighted by atomic mass is 10.1. The number of aliphatic hydroxyl groups excluding tert-OH is 1. The standard InChI is InChI=1S/C20H30FN3O2.HI/c1-3-22-19(23-12-20(13-25)8-9-20)24-14(2)16-6-7-18(17(21)10-16)26-11-15-4-5-15;/h6-7,10,14-15,25H,3-5,8-9,11-13H2,1-2H3,(H2,22,23,24);1H. The monoisotopic (exact) mass is 491 g/mol. The van der Waals surface area contributed by atoms with Crippen LogP contribution in [0, 0.1) is 17.2 Å². The molecule has 1 aromatic carbocycles. The SMILES string of the molecule is CCNC(=NCC1(CO)CC1)NC(C)c1ccc(OCC2CC2)c(F)c1.I. The minimum absolute atomic E-state index is 0. The smallest absolute Gasteiger partial charge is 0.191 e. The number of ether oxygens (including phenoxy) is 1. The predicted molar refractivity (Wildman–Crippen MR) is 116 cm³/mol. The highest BCUT2D eigenvalue weighted by molar-refractivity contribution is 14.0. The zero-order valence-corrected chi connectivity index (χ0v) is 18.5. The predicted octanol–water partition coefficient (Wildman–Crippen LogP) is 3.62. The van der Waals surface area contributed by atoms with Gasteiger partial charge in [0.05, 0.1) is 25.8 Å². The van der Waals surface area contributed by atoms with Crippen molar-refractivity contribution in [3.63, 3.8) is 0 Å². The maximum atomic E-state index is 14.3. The van der Waals surface area contributed by atoms with Gasteiger partial charge in [0.25, 0.3) is 0 Å². The van der Waals surface area contributed by atoms with Gasteiger partial charge in [-0.2, -0.15) is 0 Å². The molecule has 0 bridgehead atoms. The van der Waals surface area contributed by atoms with Crippen molar-refractivity contribution in [2.45, 2.75) is 45.6 Å². The summed E-state index contributed by atoms with van der Waals surface area (Å²) in [5.74, 6) is 1.29. The summed E-state index contributed by atoms with van der Waals surface area (Å²) in [6, 6.07) is 5.03. The summed E-state index contributed by atoms with van der Waals surface area (Å²) in [6.07, 6.45) is 4.42. The molecule has 2 aliphatic rings. The van der Waals surface area contributed by atoms with Crippen LogP contribution in [0.3, 0.4) is 0 Å². The second-order valence-corrected chi connectivity index (χ2v) is 7.66. The summed E-state index contributed by atoms with van der Waals surface area (Å²) in [5.41, 5.74) is 0.813. The first-order valence-corrected chi connectivity index (χ1v) is 9.63. The number of hydrogen-bond acceptors (Lipinski definition) is 3. The molecular formula is C20H31FIN3O2. The van der Waals surface area contributed by atoms with Gasteiger partial charge in [0.2, 0.25) is 0 Å². The van der Waals surface area contributed by atoms with Crippen molar-refractivity contribution in [3.05, 3.63) is 29.6 Å². The van der Waals surface area contributed by atoms with Gasteiger partial charge in [0.15, 0.2) is 17.5 Å². The van der Waals surface area contributed by atoms with Crippen LogP contribution in [-0.4, -0.2) is 37.4 Å². The highest BCUT2D eigenvalue weighted by atomic mass is 127. The highest BCUT2D eigenvalue weighted by Crippen LogP contribution is 2.45. The van der Waals surface area contributed by atoms with Crippen LogP contribution in [0.15, 0.2) is 23.2 Å². The normalized spacial score (nSPS) is 19.0. The molecule has 2 aliphatic carbocycles. The Kier molecular flexibility index (Phi) is 8.15. The van der Waals surface area contributed by atoms with Crippen molar-refractivity contribution >= 4 is 29.9 Å². The van der Waals surface area contributed by atoms with Crippen LogP contribution < -0.4 is 15.4 Å². The van der Waals surface area contributed by atoms with Crippen LogP contribution in [0.2, 0.25) is 0 Å². The zero-order valence-electron chi connectivity index (χ0n) is 16.1. The third-order valence-corrected chi connectivity index (χ3v) is 5.19. The fraction of sp³-hybridized carbons (Fsp3) is 0.650. The topological polar surface area (TPSA) is 65.9 Å². The molecule has 1 unspecified atom stereocenters. The van der Waals surface area contributed by atoms with E-state index < -0.39 is 0 Å². The molecule has 0 heterocycles. The zero-order chi connectivity index (χ0) is 18.6. The van der Waals surface area contributed by atoms with E-state index in [2.05, 4.69) is 15.6 Å². The number of aliphatic imine (C=N–C) groups is 1. The lowest BCUT2D eigenvalue weighted by Gasteiger charge is -2.19. The van der Waals surface area contributed by atoms with Crippen molar-refractivity contribution in [2.75, 3.05) is 26.3 Å².